The van der Waals surface area contributed by atoms with Gasteiger partial charge in [-0.1, -0.05) is 46.7 Å². The Balaban J connectivity index is 1.33. The fourth-order valence-corrected chi connectivity index (χ4v) is 9.37. The Labute approximate surface area is 210 Å². The van der Waals surface area contributed by atoms with Gasteiger partial charge in [0.05, 0.1) is 12.1 Å². The van der Waals surface area contributed by atoms with Crippen molar-refractivity contribution in [2.45, 2.75) is 42.1 Å². The monoisotopic (exact) mass is 519 g/mol. The Kier molecular flexibility index (Phi) is 5.68. The molecule has 2 saturated carbocycles. The lowest BCUT2D eigenvalue weighted by atomic mass is 9.75. The molecule has 0 unspecified atom stereocenters. The van der Waals surface area contributed by atoms with Crippen LogP contribution in [0.4, 0.5) is 0 Å². The molecule has 4 nitrogen and oxygen atoms in total. The van der Waals surface area contributed by atoms with Gasteiger partial charge in [0.15, 0.2) is 11.5 Å². The zero-order valence-electron chi connectivity index (χ0n) is 18.0. The first-order valence-corrected chi connectivity index (χ1v) is 13.6. The van der Waals surface area contributed by atoms with Crippen molar-refractivity contribution in [3.63, 3.8) is 0 Å². The predicted molar refractivity (Wildman–Crippen MR) is 135 cm³/mol. The van der Waals surface area contributed by atoms with E-state index < -0.39 is 0 Å². The van der Waals surface area contributed by atoms with Gasteiger partial charge in [-0.2, -0.15) is 0 Å². The minimum Gasteiger partial charge on any atom is -0.493 e. The number of thioether (sulfide) groups is 1. The number of hydrogen-bond acceptors (Lipinski definition) is 5. The second-order valence-corrected chi connectivity index (χ2v) is 12.2. The summed E-state index contributed by atoms with van der Waals surface area (Å²) in [5.41, 5.74) is 2.06. The zero-order valence-corrected chi connectivity index (χ0v) is 21.1. The zero-order chi connectivity index (χ0) is 22.7. The summed E-state index contributed by atoms with van der Waals surface area (Å²) in [6, 6.07) is 11.6. The number of nitrogens with one attached hydrogen (secondary N) is 1. The summed E-state index contributed by atoms with van der Waals surface area (Å²) in [5, 5.41) is 2.83. The number of rotatable bonds is 5. The average Bonchev–Trinajstić information content (AvgIpc) is 3.51. The van der Waals surface area contributed by atoms with Crippen molar-refractivity contribution < 1.29 is 9.47 Å². The van der Waals surface area contributed by atoms with Crippen LogP contribution in [0.5, 0.6) is 11.5 Å². The highest BCUT2D eigenvalue weighted by atomic mass is 35.5. The van der Waals surface area contributed by atoms with Crippen molar-refractivity contribution in [1.82, 2.24) is 4.98 Å². The summed E-state index contributed by atoms with van der Waals surface area (Å²) in [7, 11) is 1.67. The normalized spacial score (nSPS) is 27.3. The third-order valence-corrected chi connectivity index (χ3v) is 10.6. The Morgan fingerprint density at radius 2 is 1.94 bits per heavy atom. The van der Waals surface area contributed by atoms with E-state index in [2.05, 4.69) is 17.1 Å². The second kappa shape index (κ2) is 8.56. The van der Waals surface area contributed by atoms with Gasteiger partial charge in [0.25, 0.3) is 0 Å². The van der Waals surface area contributed by atoms with E-state index in [1.807, 2.05) is 23.9 Å². The first kappa shape index (κ1) is 21.9. The molecule has 0 amide bonds. The molecule has 2 bridgehead atoms. The molecule has 0 saturated heterocycles. The van der Waals surface area contributed by atoms with Crippen molar-refractivity contribution in [2.75, 3.05) is 7.11 Å². The van der Waals surface area contributed by atoms with E-state index in [-0.39, 0.29) is 10.8 Å². The molecule has 2 aromatic carbocycles. The number of aromatic amines is 1. The van der Waals surface area contributed by atoms with Gasteiger partial charge in [0.1, 0.15) is 6.61 Å². The highest BCUT2D eigenvalue weighted by Crippen LogP contribution is 2.63. The molecule has 2 fully saturated rings. The molecule has 1 aromatic heterocycles. The molecule has 172 valence electrons. The Morgan fingerprint density at radius 1 is 1.09 bits per heavy atom. The van der Waals surface area contributed by atoms with E-state index in [0.29, 0.717) is 39.3 Å². The molecule has 2 heterocycles. The maximum absolute atomic E-state index is 12.3. The van der Waals surface area contributed by atoms with Crippen LogP contribution in [0.2, 0.25) is 10.0 Å². The second-order valence-electron chi connectivity index (χ2n) is 9.11. The number of halogens is 2. The standard InChI is InChI=1S/C25H23Cl2NO3S2/c1-30-19-9-13(5-7-18(19)31-11-15-4-6-16(26)10-17(15)27)21-20-12-2-3-14(8-12)22(20)32-24-23(21)33-25(29)28-24/h4-7,9-10,12,14,20-22H,2-3,8,11H2,1H3,(H,28,29)/t12-,14-,20-,21+,22-/m1/s1. The molecule has 2 aliphatic carbocycles. The van der Waals surface area contributed by atoms with Gasteiger partial charge in [-0.05, 0) is 66.8 Å². The molecule has 0 spiro atoms. The highest BCUT2D eigenvalue weighted by Gasteiger charge is 2.54. The van der Waals surface area contributed by atoms with Crippen LogP contribution in [-0.4, -0.2) is 17.3 Å². The number of thiazole rings is 1. The van der Waals surface area contributed by atoms with Gasteiger partial charge in [0.2, 0.25) is 0 Å². The van der Waals surface area contributed by atoms with Gasteiger partial charge in [-0.25, -0.2) is 0 Å². The van der Waals surface area contributed by atoms with Crippen LogP contribution in [0, 0.1) is 17.8 Å². The third kappa shape index (κ3) is 3.79. The van der Waals surface area contributed by atoms with E-state index >= 15 is 0 Å². The summed E-state index contributed by atoms with van der Waals surface area (Å²) in [6.45, 7) is 0.323. The molecular formula is C25H23Cl2NO3S2. The fourth-order valence-electron chi connectivity index (χ4n) is 6.01. The lowest BCUT2D eigenvalue weighted by molar-refractivity contribution is 0.282. The van der Waals surface area contributed by atoms with E-state index in [4.69, 9.17) is 32.7 Å². The maximum atomic E-state index is 12.3. The van der Waals surface area contributed by atoms with Crippen LogP contribution in [0.15, 0.2) is 46.2 Å². The smallest absolute Gasteiger partial charge is 0.305 e. The molecule has 1 aliphatic heterocycles. The lowest BCUT2D eigenvalue weighted by Crippen LogP contribution is -2.33. The molecule has 3 aliphatic rings. The van der Waals surface area contributed by atoms with Crippen LogP contribution >= 0.6 is 46.3 Å². The first-order chi connectivity index (χ1) is 16.0. The molecular weight excluding hydrogens is 497 g/mol. The summed E-state index contributed by atoms with van der Waals surface area (Å²) in [4.78, 5) is 16.6. The summed E-state index contributed by atoms with van der Waals surface area (Å²) < 4.78 is 11.8. The average molecular weight is 521 g/mol. The van der Waals surface area contributed by atoms with Crippen LogP contribution in [0.1, 0.15) is 41.2 Å². The van der Waals surface area contributed by atoms with Crippen LogP contribution in [0.25, 0.3) is 0 Å². The number of hydrogen-bond donors (Lipinski definition) is 1. The number of benzene rings is 2. The quantitative estimate of drug-likeness (QED) is 0.394. The van der Waals surface area contributed by atoms with Gasteiger partial charge in [-0.15, -0.1) is 11.8 Å². The minimum absolute atomic E-state index is 0.0385. The lowest BCUT2D eigenvalue weighted by Gasteiger charge is -2.40. The van der Waals surface area contributed by atoms with Gasteiger partial charge in [-0.3, -0.25) is 4.79 Å². The molecule has 33 heavy (non-hydrogen) atoms. The van der Waals surface area contributed by atoms with Crippen LogP contribution in [0.3, 0.4) is 0 Å². The van der Waals surface area contributed by atoms with E-state index in [1.165, 1.54) is 41.0 Å². The molecule has 1 N–H and O–H groups in total. The minimum atomic E-state index is 0.0385. The van der Waals surface area contributed by atoms with E-state index in [0.717, 1.165) is 22.4 Å². The number of fused-ring (bicyclic) bond motifs is 6. The van der Waals surface area contributed by atoms with Gasteiger partial charge < -0.3 is 14.5 Å². The van der Waals surface area contributed by atoms with Crippen LogP contribution in [-0.2, 0) is 6.61 Å². The Bertz CT molecular complexity index is 1270. The highest BCUT2D eigenvalue weighted by molar-refractivity contribution is 8.00. The SMILES string of the molecule is COc1cc([C@@H]2c3sc(=O)[nH]c3S[C@@H]3[C@@H]4CC[C@H](C4)[C@H]23)ccc1OCc1ccc(Cl)cc1Cl. The molecule has 3 aromatic rings. The number of ether oxygens (including phenoxy) is 2. The van der Waals surface area contributed by atoms with Crippen molar-refractivity contribution in [3.8, 4) is 11.5 Å². The Hall–Kier alpha value is -1.60. The summed E-state index contributed by atoms with van der Waals surface area (Å²) >= 11 is 15.6. The molecule has 0 radical (unpaired) electrons. The van der Waals surface area contributed by atoms with Gasteiger partial charge >= 0.3 is 4.87 Å². The van der Waals surface area contributed by atoms with Crippen molar-refractivity contribution in [1.29, 1.82) is 0 Å². The molecule has 5 atom stereocenters. The van der Waals surface area contributed by atoms with E-state index in [9.17, 15) is 4.79 Å². The predicted octanol–water partition coefficient (Wildman–Crippen LogP) is 6.98. The largest absolute Gasteiger partial charge is 0.493 e. The number of methoxy groups -OCH3 is 1. The number of aromatic nitrogens is 1. The van der Waals surface area contributed by atoms with Crippen molar-refractivity contribution >= 4 is 46.3 Å². The fraction of sp³-hybridized carbons (Fsp3) is 0.400. The number of H-pyrrole nitrogens is 1. The Morgan fingerprint density at radius 3 is 2.76 bits per heavy atom. The van der Waals surface area contributed by atoms with E-state index in [1.54, 1.807) is 19.2 Å². The molecule has 8 heteroatoms. The topological polar surface area (TPSA) is 51.3 Å². The molecule has 6 rings (SSSR count). The summed E-state index contributed by atoms with van der Waals surface area (Å²) in [6.07, 6.45) is 3.94. The van der Waals surface area contributed by atoms with Crippen molar-refractivity contribution in [3.05, 3.63) is 72.1 Å². The summed E-state index contributed by atoms with van der Waals surface area (Å²) in [5.74, 6) is 3.65. The van der Waals surface area contributed by atoms with Crippen LogP contribution < -0.4 is 14.3 Å². The third-order valence-electron chi connectivity index (χ3n) is 7.41. The first-order valence-electron chi connectivity index (χ1n) is 11.2. The van der Waals surface area contributed by atoms with Gasteiger partial charge in [0, 0.05) is 31.7 Å². The van der Waals surface area contributed by atoms with Crippen molar-refractivity contribution in [2.24, 2.45) is 17.8 Å². The maximum Gasteiger partial charge on any atom is 0.305 e.